The van der Waals surface area contributed by atoms with Gasteiger partial charge < -0.3 is 0 Å². The average Bonchev–Trinajstić information content (AvgIpc) is 2.84. The highest BCUT2D eigenvalue weighted by atomic mass is 16.1. The quantitative estimate of drug-likeness (QED) is 0.756. The minimum Gasteiger partial charge on any atom is -0.299 e. The predicted molar refractivity (Wildman–Crippen MR) is 58.5 cm³/mol. The smallest absolute Gasteiger partial charge is 0.136 e. The molecule has 1 aliphatic carbocycles. The summed E-state index contributed by atoms with van der Waals surface area (Å²) in [6.07, 6.45) is 8.09. The molecule has 0 aromatic carbocycles. The Labute approximate surface area is 90.5 Å². The fraction of sp³-hybridized carbons (Fsp3) is 0.667. The number of nitrogens with zero attached hydrogens (tertiary/aromatic N) is 2. The highest BCUT2D eigenvalue weighted by Crippen LogP contribution is 2.26. The number of rotatable bonds is 4. The van der Waals surface area contributed by atoms with Crippen molar-refractivity contribution < 1.29 is 4.79 Å². The van der Waals surface area contributed by atoms with E-state index >= 15 is 0 Å². The maximum absolute atomic E-state index is 11.8. The van der Waals surface area contributed by atoms with Gasteiger partial charge in [0, 0.05) is 25.6 Å². The number of aryl methyl sites for hydroxylation is 2. The molecule has 82 valence electrons. The van der Waals surface area contributed by atoms with Crippen molar-refractivity contribution in [1.82, 2.24) is 9.78 Å². The lowest BCUT2D eigenvalue weighted by Gasteiger charge is -2.05. The van der Waals surface area contributed by atoms with E-state index in [-0.39, 0.29) is 0 Å². The normalized spacial score (nSPS) is 17.1. The lowest BCUT2D eigenvalue weighted by atomic mass is 9.98. The molecule has 2 rings (SSSR count). The summed E-state index contributed by atoms with van der Waals surface area (Å²) < 4.78 is 1.79. The van der Waals surface area contributed by atoms with Gasteiger partial charge in [-0.3, -0.25) is 9.48 Å². The third-order valence-corrected chi connectivity index (χ3v) is 3.21. The van der Waals surface area contributed by atoms with Crippen molar-refractivity contribution in [1.29, 1.82) is 0 Å². The van der Waals surface area contributed by atoms with Crippen molar-refractivity contribution in [2.24, 2.45) is 13.0 Å². The van der Waals surface area contributed by atoms with Gasteiger partial charge in [-0.1, -0.05) is 12.8 Å². The van der Waals surface area contributed by atoms with Gasteiger partial charge in [-0.15, -0.1) is 0 Å². The van der Waals surface area contributed by atoms with Crippen LogP contribution in [0.3, 0.4) is 0 Å². The van der Waals surface area contributed by atoms with Gasteiger partial charge in [0.1, 0.15) is 5.78 Å². The second-order valence-corrected chi connectivity index (χ2v) is 4.43. The summed E-state index contributed by atoms with van der Waals surface area (Å²) in [7, 11) is 1.91. The van der Waals surface area contributed by atoms with Gasteiger partial charge in [-0.25, -0.2) is 0 Å². The summed E-state index contributed by atoms with van der Waals surface area (Å²) in [5, 5.41) is 4.27. The van der Waals surface area contributed by atoms with E-state index in [0.717, 1.165) is 25.0 Å². The van der Waals surface area contributed by atoms with Crippen molar-refractivity contribution in [3.8, 4) is 0 Å². The van der Waals surface area contributed by atoms with Crippen LogP contribution in [0.15, 0.2) is 12.3 Å². The molecule has 0 N–H and O–H groups in total. The van der Waals surface area contributed by atoms with E-state index in [2.05, 4.69) is 5.10 Å². The molecule has 0 atom stereocenters. The highest BCUT2D eigenvalue weighted by Gasteiger charge is 2.22. The van der Waals surface area contributed by atoms with Gasteiger partial charge in [0.25, 0.3) is 0 Å². The molecular weight excluding hydrogens is 188 g/mol. The minimum atomic E-state index is 0.355. The van der Waals surface area contributed by atoms with Crippen molar-refractivity contribution >= 4 is 5.78 Å². The molecule has 1 aromatic heterocycles. The van der Waals surface area contributed by atoms with Crippen molar-refractivity contribution in [2.45, 2.75) is 38.5 Å². The Balaban J connectivity index is 1.80. The summed E-state index contributed by atoms with van der Waals surface area (Å²) in [6, 6.07) is 1.99. The lowest BCUT2D eigenvalue weighted by molar-refractivity contribution is -0.122. The van der Waals surface area contributed by atoms with E-state index in [1.165, 1.54) is 12.8 Å². The molecule has 3 heteroatoms. The average molecular weight is 206 g/mol. The van der Waals surface area contributed by atoms with Crippen molar-refractivity contribution in [3.05, 3.63) is 18.0 Å². The lowest BCUT2D eigenvalue weighted by Crippen LogP contribution is -2.11. The molecule has 0 unspecified atom stereocenters. The van der Waals surface area contributed by atoms with E-state index in [1.807, 2.05) is 19.3 Å². The molecule has 1 aromatic rings. The number of hydrogen-bond donors (Lipinski definition) is 0. The van der Waals surface area contributed by atoms with Crippen LogP contribution >= 0.6 is 0 Å². The molecule has 1 fully saturated rings. The highest BCUT2D eigenvalue weighted by molar-refractivity contribution is 5.81. The Morgan fingerprint density at radius 2 is 2.27 bits per heavy atom. The van der Waals surface area contributed by atoms with E-state index in [1.54, 1.807) is 4.68 Å². The van der Waals surface area contributed by atoms with Crippen LogP contribution in [-0.4, -0.2) is 15.6 Å². The van der Waals surface area contributed by atoms with Crippen LogP contribution in [0.2, 0.25) is 0 Å². The van der Waals surface area contributed by atoms with Gasteiger partial charge in [-0.2, -0.15) is 5.10 Å². The Hall–Kier alpha value is -1.12. The monoisotopic (exact) mass is 206 g/mol. The molecule has 0 radical (unpaired) electrons. The van der Waals surface area contributed by atoms with Crippen LogP contribution in [0, 0.1) is 5.92 Å². The van der Waals surface area contributed by atoms with E-state index in [9.17, 15) is 4.79 Å². The first kappa shape index (κ1) is 10.4. The van der Waals surface area contributed by atoms with Crippen LogP contribution in [0.5, 0.6) is 0 Å². The number of hydrogen-bond acceptors (Lipinski definition) is 2. The standard InChI is InChI=1S/C12H18N2O/c1-14-9-8-11(13-14)6-7-12(15)10-4-2-3-5-10/h8-10H,2-7H2,1H3. The zero-order chi connectivity index (χ0) is 10.7. The van der Waals surface area contributed by atoms with E-state index in [4.69, 9.17) is 0 Å². The first-order valence-corrected chi connectivity index (χ1v) is 5.77. The van der Waals surface area contributed by atoms with Crippen LogP contribution in [0.1, 0.15) is 37.8 Å². The topological polar surface area (TPSA) is 34.9 Å². The minimum absolute atomic E-state index is 0.355. The largest absolute Gasteiger partial charge is 0.299 e. The molecule has 0 saturated heterocycles. The van der Waals surface area contributed by atoms with E-state index in [0.29, 0.717) is 18.1 Å². The second-order valence-electron chi connectivity index (χ2n) is 4.43. The molecular formula is C12H18N2O. The van der Waals surface area contributed by atoms with Crippen LogP contribution in [0.25, 0.3) is 0 Å². The number of carbonyl (C=O) groups excluding carboxylic acids is 1. The zero-order valence-corrected chi connectivity index (χ0v) is 9.28. The summed E-state index contributed by atoms with van der Waals surface area (Å²) in [5.74, 6) is 0.798. The molecule has 1 heterocycles. The maximum atomic E-state index is 11.8. The fourth-order valence-electron chi connectivity index (χ4n) is 2.30. The number of carbonyl (C=O) groups is 1. The van der Waals surface area contributed by atoms with Crippen molar-refractivity contribution in [3.63, 3.8) is 0 Å². The summed E-state index contributed by atoms with van der Waals surface area (Å²) in [5.41, 5.74) is 1.03. The molecule has 1 saturated carbocycles. The number of Topliss-reactive ketones (excluding diaryl/α,β-unsaturated/α-hetero) is 1. The third-order valence-electron chi connectivity index (χ3n) is 3.21. The molecule has 0 bridgehead atoms. The molecule has 0 aliphatic heterocycles. The number of ketones is 1. The molecule has 0 spiro atoms. The van der Waals surface area contributed by atoms with Gasteiger partial charge >= 0.3 is 0 Å². The van der Waals surface area contributed by atoms with Gasteiger partial charge in [0.05, 0.1) is 5.69 Å². The van der Waals surface area contributed by atoms with E-state index < -0.39 is 0 Å². The Kier molecular flexibility index (Phi) is 3.19. The van der Waals surface area contributed by atoms with Crippen LogP contribution in [0.4, 0.5) is 0 Å². The molecule has 15 heavy (non-hydrogen) atoms. The SMILES string of the molecule is Cn1ccc(CCC(=O)C2CCCC2)n1. The number of aromatic nitrogens is 2. The molecule has 1 aliphatic rings. The Morgan fingerprint density at radius 1 is 1.53 bits per heavy atom. The summed E-state index contributed by atoms with van der Waals surface area (Å²) in [6.45, 7) is 0. The summed E-state index contributed by atoms with van der Waals surface area (Å²) in [4.78, 5) is 11.8. The van der Waals surface area contributed by atoms with Crippen molar-refractivity contribution in [2.75, 3.05) is 0 Å². The maximum Gasteiger partial charge on any atom is 0.136 e. The second kappa shape index (κ2) is 4.60. The molecule has 3 nitrogen and oxygen atoms in total. The van der Waals surface area contributed by atoms with Gasteiger partial charge in [0.2, 0.25) is 0 Å². The Bertz CT molecular complexity index is 337. The Morgan fingerprint density at radius 3 is 2.87 bits per heavy atom. The van der Waals surface area contributed by atoms with Gasteiger partial charge in [-0.05, 0) is 25.3 Å². The predicted octanol–water partition coefficient (Wildman–Crippen LogP) is 2.11. The fourth-order valence-corrected chi connectivity index (χ4v) is 2.30. The first-order valence-electron chi connectivity index (χ1n) is 5.77. The summed E-state index contributed by atoms with van der Waals surface area (Å²) >= 11 is 0. The first-order chi connectivity index (χ1) is 7.25. The van der Waals surface area contributed by atoms with Crippen LogP contribution in [-0.2, 0) is 18.3 Å². The van der Waals surface area contributed by atoms with Crippen LogP contribution < -0.4 is 0 Å². The van der Waals surface area contributed by atoms with Gasteiger partial charge in [0.15, 0.2) is 0 Å². The third kappa shape index (κ3) is 2.67. The molecule has 0 amide bonds. The zero-order valence-electron chi connectivity index (χ0n) is 9.28.